The van der Waals surface area contributed by atoms with E-state index in [9.17, 15) is 19.7 Å². The number of rotatable bonds is 1. The molecule has 7 nitrogen and oxygen atoms in total. The third-order valence-electron chi connectivity index (χ3n) is 0.943. The van der Waals surface area contributed by atoms with Gasteiger partial charge in [-0.05, 0) is 4.92 Å². The summed E-state index contributed by atoms with van der Waals surface area (Å²) in [5.74, 6) is -0.612. The van der Waals surface area contributed by atoms with Crippen LogP contribution in [0.2, 0.25) is 0 Å². The van der Waals surface area contributed by atoms with Crippen LogP contribution in [-0.2, 0) is 0 Å². The van der Waals surface area contributed by atoms with Gasteiger partial charge in [0.05, 0.1) is 6.07 Å². The summed E-state index contributed by atoms with van der Waals surface area (Å²) in [6.07, 6.45) is 0. The van der Waals surface area contributed by atoms with Gasteiger partial charge in [-0.25, -0.2) is 4.79 Å². The third kappa shape index (κ3) is 1.51. The molecule has 11 heavy (non-hydrogen) atoms. The smallest absolute Gasteiger partial charge is 0.358 e. The summed E-state index contributed by atoms with van der Waals surface area (Å²) in [6, 6.07) is 0.696. The van der Waals surface area contributed by atoms with Crippen LogP contribution in [0.4, 0.5) is 5.82 Å². The number of hydrogen-bond donors (Lipinski definition) is 2. The van der Waals surface area contributed by atoms with Crippen LogP contribution >= 0.6 is 0 Å². The normalized spacial score (nSPS) is 9.45. The second-order valence-corrected chi connectivity index (χ2v) is 1.73. The monoisotopic (exact) mass is 157 g/mol. The molecule has 0 bridgehead atoms. The second kappa shape index (κ2) is 2.37. The van der Waals surface area contributed by atoms with E-state index in [1.54, 1.807) is 4.98 Å². The Morgan fingerprint density at radius 2 is 2.00 bits per heavy atom. The van der Waals surface area contributed by atoms with Crippen molar-refractivity contribution in [3.63, 3.8) is 0 Å². The van der Waals surface area contributed by atoms with Gasteiger partial charge < -0.3 is 10.1 Å². The highest BCUT2D eigenvalue weighted by Gasteiger charge is 2.04. The van der Waals surface area contributed by atoms with Gasteiger partial charge in [-0.3, -0.25) is 9.78 Å². The van der Waals surface area contributed by atoms with E-state index in [0.29, 0.717) is 6.07 Å². The molecule has 0 atom stereocenters. The molecular formula is C4H3N3O4. The van der Waals surface area contributed by atoms with Crippen LogP contribution < -0.4 is 11.2 Å². The van der Waals surface area contributed by atoms with Gasteiger partial charge in [-0.15, -0.1) is 0 Å². The van der Waals surface area contributed by atoms with Crippen molar-refractivity contribution in [2.24, 2.45) is 0 Å². The number of H-pyrrole nitrogens is 2. The number of aromatic amines is 2. The molecule has 58 valence electrons. The molecule has 2 N–H and O–H groups in total. The average Bonchev–Trinajstić information content (AvgIpc) is 1.85. The predicted octanol–water partition coefficient (Wildman–Crippen LogP) is -1.03. The van der Waals surface area contributed by atoms with Crippen molar-refractivity contribution in [3.8, 4) is 0 Å². The zero-order chi connectivity index (χ0) is 8.43. The summed E-state index contributed by atoms with van der Waals surface area (Å²) in [6.45, 7) is 0. The highest BCUT2D eigenvalue weighted by molar-refractivity contribution is 5.13. The zero-order valence-electron chi connectivity index (χ0n) is 5.16. The second-order valence-electron chi connectivity index (χ2n) is 1.73. The number of aromatic nitrogens is 2. The van der Waals surface area contributed by atoms with E-state index in [4.69, 9.17) is 0 Å². The van der Waals surface area contributed by atoms with Crippen LogP contribution in [0.15, 0.2) is 15.7 Å². The molecule has 0 spiro atoms. The van der Waals surface area contributed by atoms with Gasteiger partial charge in [0.1, 0.15) is 0 Å². The van der Waals surface area contributed by atoms with Gasteiger partial charge in [0.15, 0.2) is 0 Å². The van der Waals surface area contributed by atoms with Crippen molar-refractivity contribution < 1.29 is 4.92 Å². The Morgan fingerprint density at radius 1 is 1.36 bits per heavy atom. The SMILES string of the molecule is O=c1cc([N+](=O)[O-])[nH]c(=O)[nH]1. The van der Waals surface area contributed by atoms with E-state index < -0.39 is 22.0 Å². The van der Waals surface area contributed by atoms with E-state index >= 15 is 0 Å². The van der Waals surface area contributed by atoms with Crippen LogP contribution in [0.3, 0.4) is 0 Å². The number of nitro groups is 1. The molecule has 1 rings (SSSR count). The van der Waals surface area contributed by atoms with Gasteiger partial charge in [0.25, 0.3) is 5.56 Å². The standard InChI is InChI=1S/C4H3N3O4/c8-3-1-2(7(10)11)5-4(9)6-3/h1H,(H2,5,6,8,9). The summed E-state index contributed by atoms with van der Waals surface area (Å²) in [5, 5.41) is 9.99. The van der Waals surface area contributed by atoms with Crippen LogP contribution in [-0.4, -0.2) is 14.9 Å². The largest absolute Gasteiger partial charge is 0.413 e. The summed E-state index contributed by atoms with van der Waals surface area (Å²) < 4.78 is 0. The van der Waals surface area contributed by atoms with Crippen LogP contribution in [0.1, 0.15) is 0 Å². The Balaban J connectivity index is 3.42. The Kier molecular flexibility index (Phi) is 1.55. The molecular weight excluding hydrogens is 154 g/mol. The Labute approximate surface area is 58.8 Å². The molecule has 1 aromatic heterocycles. The van der Waals surface area contributed by atoms with E-state index in [2.05, 4.69) is 0 Å². The van der Waals surface area contributed by atoms with E-state index in [1.165, 1.54) is 0 Å². The molecule has 0 aliphatic carbocycles. The van der Waals surface area contributed by atoms with Crippen molar-refractivity contribution in [1.29, 1.82) is 0 Å². The first-order valence-electron chi connectivity index (χ1n) is 2.57. The first kappa shape index (κ1) is 7.19. The summed E-state index contributed by atoms with van der Waals surface area (Å²) >= 11 is 0. The van der Waals surface area contributed by atoms with E-state index in [-0.39, 0.29) is 0 Å². The highest BCUT2D eigenvalue weighted by Crippen LogP contribution is 1.95. The van der Waals surface area contributed by atoms with Crippen molar-refractivity contribution in [2.45, 2.75) is 0 Å². The number of nitrogens with one attached hydrogen (secondary N) is 2. The lowest BCUT2D eigenvalue weighted by atomic mass is 10.6. The lowest BCUT2D eigenvalue weighted by Crippen LogP contribution is -2.22. The van der Waals surface area contributed by atoms with E-state index in [0.717, 1.165) is 0 Å². The molecule has 0 saturated heterocycles. The molecule has 0 radical (unpaired) electrons. The summed E-state index contributed by atoms with van der Waals surface area (Å²) in [4.78, 5) is 33.6. The molecule has 0 amide bonds. The summed E-state index contributed by atoms with van der Waals surface area (Å²) in [5.41, 5.74) is -1.68. The lowest BCUT2D eigenvalue weighted by Gasteiger charge is -1.89. The lowest BCUT2D eigenvalue weighted by molar-refractivity contribution is -0.389. The summed E-state index contributed by atoms with van der Waals surface area (Å²) in [7, 11) is 0. The zero-order valence-corrected chi connectivity index (χ0v) is 5.16. The van der Waals surface area contributed by atoms with Gasteiger partial charge in [0.2, 0.25) is 0 Å². The molecule has 1 aromatic rings. The third-order valence-corrected chi connectivity index (χ3v) is 0.943. The maximum Gasteiger partial charge on any atom is 0.413 e. The molecule has 0 aliphatic heterocycles. The minimum absolute atomic E-state index is 0.612. The van der Waals surface area contributed by atoms with Crippen molar-refractivity contribution in [3.05, 3.63) is 37.0 Å². The number of hydrogen-bond acceptors (Lipinski definition) is 4. The molecule has 0 unspecified atom stereocenters. The Morgan fingerprint density at radius 3 is 2.45 bits per heavy atom. The highest BCUT2D eigenvalue weighted by atomic mass is 16.6. The van der Waals surface area contributed by atoms with E-state index in [1.807, 2.05) is 4.98 Å². The van der Waals surface area contributed by atoms with Gasteiger partial charge in [-0.1, -0.05) is 0 Å². The molecule has 0 aromatic carbocycles. The van der Waals surface area contributed by atoms with Gasteiger partial charge in [0, 0.05) is 0 Å². The van der Waals surface area contributed by atoms with Gasteiger partial charge >= 0.3 is 11.5 Å². The van der Waals surface area contributed by atoms with Crippen LogP contribution in [0.5, 0.6) is 0 Å². The van der Waals surface area contributed by atoms with Crippen molar-refractivity contribution in [1.82, 2.24) is 9.97 Å². The predicted molar refractivity (Wildman–Crippen MR) is 34.3 cm³/mol. The topological polar surface area (TPSA) is 109 Å². The fourth-order valence-corrected chi connectivity index (χ4v) is 0.554. The minimum Gasteiger partial charge on any atom is -0.358 e. The fraction of sp³-hybridized carbons (Fsp3) is 0. The molecule has 0 aliphatic rings. The van der Waals surface area contributed by atoms with Crippen molar-refractivity contribution >= 4 is 5.82 Å². The number of nitrogens with zero attached hydrogens (tertiary/aromatic N) is 1. The minimum atomic E-state index is -0.885. The fourth-order valence-electron chi connectivity index (χ4n) is 0.554. The molecule has 0 fully saturated rings. The average molecular weight is 157 g/mol. The van der Waals surface area contributed by atoms with Gasteiger partial charge in [-0.2, -0.15) is 4.98 Å². The first-order valence-corrected chi connectivity index (χ1v) is 2.57. The van der Waals surface area contributed by atoms with Crippen molar-refractivity contribution in [2.75, 3.05) is 0 Å². The molecule has 0 saturated carbocycles. The maximum absolute atomic E-state index is 10.4. The Hall–Kier alpha value is -1.92. The first-order chi connectivity index (χ1) is 5.09. The Bertz CT molecular complexity index is 361. The van der Waals surface area contributed by atoms with Crippen LogP contribution in [0.25, 0.3) is 0 Å². The molecule has 1 heterocycles. The maximum atomic E-state index is 10.4. The molecule has 7 heteroatoms. The quantitative estimate of drug-likeness (QED) is 0.401. The van der Waals surface area contributed by atoms with Crippen LogP contribution in [0, 0.1) is 10.1 Å².